The van der Waals surface area contributed by atoms with Crippen molar-refractivity contribution in [3.05, 3.63) is 18.7 Å². The van der Waals surface area contributed by atoms with E-state index in [2.05, 4.69) is 9.97 Å². The van der Waals surface area contributed by atoms with Gasteiger partial charge < -0.3 is 10.6 Å². The van der Waals surface area contributed by atoms with Crippen molar-refractivity contribution in [3.63, 3.8) is 0 Å². The lowest BCUT2D eigenvalue weighted by Gasteiger charge is -2.14. The summed E-state index contributed by atoms with van der Waals surface area (Å²) in [6, 6.07) is 0. The first-order valence-corrected chi connectivity index (χ1v) is 4.56. The predicted molar refractivity (Wildman–Crippen MR) is 51.5 cm³/mol. The second-order valence-corrected chi connectivity index (χ2v) is 3.41. The maximum absolute atomic E-state index is 11.6. The quantitative estimate of drug-likeness (QED) is 0.703. The molecule has 1 aliphatic heterocycles. The van der Waals surface area contributed by atoms with Crippen molar-refractivity contribution in [1.82, 2.24) is 9.97 Å². The second kappa shape index (κ2) is 3.71. The minimum absolute atomic E-state index is 0.107. The Bertz CT molecular complexity index is 327. The van der Waals surface area contributed by atoms with Gasteiger partial charge in [0.05, 0.1) is 18.1 Å². The fraction of sp³-hybridized carbons (Fsp3) is 0.444. The molecule has 0 aliphatic carbocycles. The number of amides is 1. The fourth-order valence-corrected chi connectivity index (χ4v) is 1.62. The van der Waals surface area contributed by atoms with Gasteiger partial charge in [-0.15, -0.1) is 0 Å². The van der Waals surface area contributed by atoms with Crippen molar-refractivity contribution < 1.29 is 4.79 Å². The monoisotopic (exact) mass is 192 g/mol. The number of hydrogen-bond donors (Lipinski definition) is 1. The summed E-state index contributed by atoms with van der Waals surface area (Å²) in [7, 11) is 0. The van der Waals surface area contributed by atoms with Crippen molar-refractivity contribution in [1.29, 1.82) is 0 Å². The number of carbonyl (C=O) groups is 1. The van der Waals surface area contributed by atoms with Crippen molar-refractivity contribution in [2.45, 2.75) is 6.42 Å². The molecule has 1 aromatic rings. The average molecular weight is 192 g/mol. The lowest BCUT2D eigenvalue weighted by Crippen LogP contribution is -2.25. The van der Waals surface area contributed by atoms with Crippen LogP contribution in [-0.4, -0.2) is 29.0 Å². The highest BCUT2D eigenvalue weighted by atomic mass is 16.2. The normalized spacial score (nSPS) is 21.6. The molecular formula is C9H12N4O. The Hall–Kier alpha value is -1.49. The minimum Gasteiger partial charge on any atom is -0.330 e. The first-order valence-electron chi connectivity index (χ1n) is 4.56. The van der Waals surface area contributed by atoms with Gasteiger partial charge in [0, 0.05) is 13.0 Å². The molecular weight excluding hydrogens is 180 g/mol. The van der Waals surface area contributed by atoms with Crippen LogP contribution in [0.25, 0.3) is 0 Å². The van der Waals surface area contributed by atoms with Crippen molar-refractivity contribution in [3.8, 4) is 0 Å². The number of aromatic nitrogens is 2. The van der Waals surface area contributed by atoms with Crippen LogP contribution in [0, 0.1) is 5.92 Å². The lowest BCUT2D eigenvalue weighted by atomic mass is 10.1. The van der Waals surface area contributed by atoms with Gasteiger partial charge in [-0.25, -0.2) is 9.97 Å². The van der Waals surface area contributed by atoms with E-state index in [0.717, 1.165) is 5.69 Å². The highest BCUT2D eigenvalue weighted by Crippen LogP contribution is 2.22. The molecule has 0 saturated carbocycles. The number of nitrogens with two attached hydrogens (primary N) is 1. The van der Waals surface area contributed by atoms with Crippen LogP contribution in [0.1, 0.15) is 6.42 Å². The van der Waals surface area contributed by atoms with Crippen LogP contribution in [0.4, 0.5) is 5.69 Å². The summed E-state index contributed by atoms with van der Waals surface area (Å²) in [5.74, 6) is 0.373. The highest BCUT2D eigenvalue weighted by Gasteiger charge is 2.29. The Morgan fingerprint density at radius 3 is 2.79 bits per heavy atom. The van der Waals surface area contributed by atoms with Crippen molar-refractivity contribution >= 4 is 11.6 Å². The van der Waals surface area contributed by atoms with Crippen molar-refractivity contribution in [2.75, 3.05) is 18.0 Å². The molecule has 5 nitrogen and oxygen atoms in total. The molecule has 14 heavy (non-hydrogen) atoms. The van der Waals surface area contributed by atoms with E-state index in [0.29, 0.717) is 19.5 Å². The Balaban J connectivity index is 2.17. The van der Waals surface area contributed by atoms with E-state index in [4.69, 9.17) is 5.73 Å². The van der Waals surface area contributed by atoms with E-state index in [1.54, 1.807) is 17.3 Å². The lowest BCUT2D eigenvalue weighted by molar-refractivity contribution is -0.117. The van der Waals surface area contributed by atoms with Crippen LogP contribution in [-0.2, 0) is 4.79 Å². The molecule has 1 amide bonds. The molecule has 0 bridgehead atoms. The van der Waals surface area contributed by atoms with E-state index in [-0.39, 0.29) is 11.8 Å². The Morgan fingerprint density at radius 2 is 2.21 bits per heavy atom. The SMILES string of the molecule is NCC1CC(=O)N(c2cncnc2)C1. The van der Waals surface area contributed by atoms with E-state index in [9.17, 15) is 4.79 Å². The maximum atomic E-state index is 11.6. The molecule has 0 aromatic carbocycles. The third-order valence-electron chi connectivity index (χ3n) is 2.40. The van der Waals surface area contributed by atoms with E-state index < -0.39 is 0 Å². The molecule has 0 spiro atoms. The molecule has 2 N–H and O–H groups in total. The van der Waals surface area contributed by atoms with Gasteiger partial charge in [0.15, 0.2) is 0 Å². The summed E-state index contributed by atoms with van der Waals surface area (Å²) in [5.41, 5.74) is 6.28. The van der Waals surface area contributed by atoms with E-state index in [1.165, 1.54) is 6.33 Å². The molecule has 1 atom stereocenters. The van der Waals surface area contributed by atoms with Gasteiger partial charge in [-0.05, 0) is 12.5 Å². The molecule has 1 fully saturated rings. The van der Waals surface area contributed by atoms with E-state index >= 15 is 0 Å². The van der Waals surface area contributed by atoms with Gasteiger partial charge in [-0.1, -0.05) is 0 Å². The van der Waals surface area contributed by atoms with Crippen LogP contribution >= 0.6 is 0 Å². The molecule has 2 rings (SSSR count). The summed E-state index contributed by atoms with van der Waals surface area (Å²) >= 11 is 0. The van der Waals surface area contributed by atoms with E-state index in [1.807, 2.05) is 0 Å². The number of hydrogen-bond acceptors (Lipinski definition) is 4. The van der Waals surface area contributed by atoms with Gasteiger partial charge in [-0.3, -0.25) is 4.79 Å². The number of anilines is 1. The van der Waals surface area contributed by atoms with Crippen LogP contribution < -0.4 is 10.6 Å². The Kier molecular flexibility index (Phi) is 2.41. The highest BCUT2D eigenvalue weighted by molar-refractivity contribution is 5.95. The van der Waals surface area contributed by atoms with Crippen LogP contribution in [0.3, 0.4) is 0 Å². The molecule has 1 aromatic heterocycles. The topological polar surface area (TPSA) is 72.1 Å². The molecule has 5 heteroatoms. The standard InChI is InChI=1S/C9H12N4O/c10-2-7-1-9(14)13(5-7)8-3-11-6-12-4-8/h3-4,6-7H,1-2,5,10H2. The molecule has 0 radical (unpaired) electrons. The van der Waals surface area contributed by atoms with Gasteiger partial charge in [0.1, 0.15) is 6.33 Å². The maximum Gasteiger partial charge on any atom is 0.227 e. The molecule has 74 valence electrons. The number of nitrogens with zero attached hydrogens (tertiary/aromatic N) is 3. The minimum atomic E-state index is 0.107. The average Bonchev–Trinajstić information content (AvgIpc) is 2.61. The summed E-state index contributed by atoms with van der Waals surface area (Å²) in [4.78, 5) is 21.0. The first-order chi connectivity index (χ1) is 6.81. The number of rotatable bonds is 2. The van der Waals surface area contributed by atoms with Gasteiger partial charge in [-0.2, -0.15) is 0 Å². The molecule has 1 saturated heterocycles. The largest absolute Gasteiger partial charge is 0.330 e. The number of carbonyl (C=O) groups excluding carboxylic acids is 1. The van der Waals surface area contributed by atoms with Gasteiger partial charge in [0.2, 0.25) is 5.91 Å². The predicted octanol–water partition coefficient (Wildman–Crippen LogP) is -0.212. The third-order valence-corrected chi connectivity index (χ3v) is 2.40. The fourth-order valence-electron chi connectivity index (χ4n) is 1.62. The molecule has 1 unspecified atom stereocenters. The third kappa shape index (κ3) is 1.58. The van der Waals surface area contributed by atoms with Crippen LogP contribution in [0.2, 0.25) is 0 Å². The van der Waals surface area contributed by atoms with Crippen LogP contribution in [0.5, 0.6) is 0 Å². The molecule has 1 aliphatic rings. The van der Waals surface area contributed by atoms with Crippen molar-refractivity contribution in [2.24, 2.45) is 11.7 Å². The zero-order valence-electron chi connectivity index (χ0n) is 7.76. The zero-order chi connectivity index (χ0) is 9.97. The van der Waals surface area contributed by atoms with Gasteiger partial charge in [0.25, 0.3) is 0 Å². The summed E-state index contributed by atoms with van der Waals surface area (Å²) in [5, 5.41) is 0. The first kappa shape index (κ1) is 9.08. The smallest absolute Gasteiger partial charge is 0.227 e. The van der Waals surface area contributed by atoms with Crippen LogP contribution in [0.15, 0.2) is 18.7 Å². The summed E-state index contributed by atoms with van der Waals surface area (Å²) in [6.45, 7) is 1.23. The summed E-state index contributed by atoms with van der Waals surface area (Å²) in [6.07, 6.45) is 5.27. The van der Waals surface area contributed by atoms with Gasteiger partial charge >= 0.3 is 0 Å². The zero-order valence-corrected chi connectivity index (χ0v) is 7.76. The Labute approximate surface area is 82.0 Å². The second-order valence-electron chi connectivity index (χ2n) is 3.41. The Morgan fingerprint density at radius 1 is 1.50 bits per heavy atom. The summed E-state index contributed by atoms with van der Waals surface area (Å²) < 4.78 is 0. The molecule has 2 heterocycles.